The van der Waals surface area contributed by atoms with Gasteiger partial charge in [-0.25, -0.2) is 5.48 Å². The van der Waals surface area contributed by atoms with Gasteiger partial charge < -0.3 is 10.4 Å². The Hall–Kier alpha value is -2.41. The topological polar surface area (TPSA) is 105 Å². The molecule has 0 heterocycles. The Labute approximate surface area is 141 Å². The molecule has 0 spiro atoms. The molecule has 7 nitrogen and oxygen atoms in total. The van der Waals surface area contributed by atoms with Crippen LogP contribution in [-0.4, -0.2) is 29.4 Å². The first kappa shape index (κ1) is 19.6. The minimum atomic E-state index is -0.983. The second-order valence-electron chi connectivity index (χ2n) is 5.79. The molecule has 0 aliphatic carbocycles. The fourth-order valence-corrected chi connectivity index (χ4v) is 2.07. The van der Waals surface area contributed by atoms with Crippen molar-refractivity contribution in [3.63, 3.8) is 0 Å². The monoisotopic (exact) mass is 336 g/mol. The van der Waals surface area contributed by atoms with Crippen molar-refractivity contribution in [1.29, 1.82) is 0 Å². The Morgan fingerprint density at radius 3 is 2.42 bits per heavy atom. The molecule has 0 fully saturated rings. The molecule has 1 aromatic rings. The summed E-state index contributed by atoms with van der Waals surface area (Å²) in [5, 5.41) is 11.1. The third kappa shape index (κ3) is 7.73. The van der Waals surface area contributed by atoms with Gasteiger partial charge in [0.25, 0.3) is 0 Å². The van der Waals surface area contributed by atoms with Crippen molar-refractivity contribution in [2.75, 3.05) is 6.54 Å². The summed E-state index contributed by atoms with van der Waals surface area (Å²) in [4.78, 5) is 39.6. The number of nitrogens with one attached hydrogen (secondary N) is 2. The molecule has 132 valence electrons. The maximum atomic E-state index is 12.1. The zero-order valence-corrected chi connectivity index (χ0v) is 14.0. The van der Waals surface area contributed by atoms with E-state index in [0.29, 0.717) is 0 Å². The summed E-state index contributed by atoms with van der Waals surface area (Å²) in [5.41, 5.74) is 3.25. The van der Waals surface area contributed by atoms with Crippen LogP contribution >= 0.6 is 0 Å². The number of carbonyl (C=O) groups is 3. The highest BCUT2D eigenvalue weighted by Gasteiger charge is 2.25. The maximum Gasteiger partial charge on any atom is 0.305 e. The highest BCUT2D eigenvalue weighted by atomic mass is 16.6. The molecular formula is C17H24N2O5. The number of aliphatic carboxylic acids is 1. The van der Waals surface area contributed by atoms with Gasteiger partial charge in [-0.15, -0.1) is 0 Å². The van der Waals surface area contributed by atoms with Crippen molar-refractivity contribution < 1.29 is 24.3 Å². The quantitative estimate of drug-likeness (QED) is 0.562. The molecule has 0 radical (unpaired) electrons. The number of rotatable bonds is 10. The predicted molar refractivity (Wildman–Crippen MR) is 87.6 cm³/mol. The van der Waals surface area contributed by atoms with Crippen molar-refractivity contribution >= 4 is 17.8 Å². The largest absolute Gasteiger partial charge is 0.481 e. The Balaban J connectivity index is 2.39. The van der Waals surface area contributed by atoms with E-state index < -0.39 is 17.8 Å². The molecule has 0 aliphatic heterocycles. The number of amides is 2. The minimum Gasteiger partial charge on any atom is -0.481 e. The van der Waals surface area contributed by atoms with Crippen LogP contribution in [0.3, 0.4) is 0 Å². The van der Waals surface area contributed by atoms with Gasteiger partial charge in [-0.05, 0) is 11.5 Å². The smallest absolute Gasteiger partial charge is 0.305 e. The van der Waals surface area contributed by atoms with E-state index in [1.165, 1.54) is 0 Å². The van der Waals surface area contributed by atoms with E-state index in [4.69, 9.17) is 9.94 Å². The molecule has 0 saturated carbocycles. The number of carbonyl (C=O) groups excluding carboxylic acids is 2. The average molecular weight is 336 g/mol. The van der Waals surface area contributed by atoms with Crippen LogP contribution in [0.2, 0.25) is 0 Å². The van der Waals surface area contributed by atoms with Gasteiger partial charge in [-0.2, -0.15) is 0 Å². The van der Waals surface area contributed by atoms with Crippen LogP contribution in [0, 0.1) is 11.8 Å². The predicted octanol–water partition coefficient (Wildman–Crippen LogP) is 1.49. The van der Waals surface area contributed by atoms with E-state index in [0.717, 1.165) is 5.56 Å². The molecule has 24 heavy (non-hydrogen) atoms. The molecule has 1 aromatic carbocycles. The van der Waals surface area contributed by atoms with Crippen LogP contribution in [0.15, 0.2) is 30.3 Å². The number of carboxylic acids is 1. The first-order valence-corrected chi connectivity index (χ1v) is 7.84. The lowest BCUT2D eigenvalue weighted by Gasteiger charge is -2.19. The van der Waals surface area contributed by atoms with Gasteiger partial charge in [-0.3, -0.25) is 19.2 Å². The average Bonchev–Trinajstić information content (AvgIpc) is 2.53. The zero-order valence-electron chi connectivity index (χ0n) is 14.0. The zero-order chi connectivity index (χ0) is 17.9. The van der Waals surface area contributed by atoms with Crippen LogP contribution in [0.4, 0.5) is 0 Å². The van der Waals surface area contributed by atoms with Crippen LogP contribution < -0.4 is 10.8 Å². The molecule has 1 unspecified atom stereocenters. The second-order valence-corrected chi connectivity index (χ2v) is 5.79. The lowest BCUT2D eigenvalue weighted by molar-refractivity contribution is -0.140. The summed E-state index contributed by atoms with van der Waals surface area (Å²) < 4.78 is 0. The number of hydrogen-bond acceptors (Lipinski definition) is 4. The SMILES string of the molecule is CC(C)C(CC(=O)NOCc1ccccc1)C(=O)NCCC(=O)O. The van der Waals surface area contributed by atoms with Crippen LogP contribution in [0.25, 0.3) is 0 Å². The van der Waals surface area contributed by atoms with Crippen molar-refractivity contribution in [3.8, 4) is 0 Å². The lowest BCUT2D eigenvalue weighted by Crippen LogP contribution is -2.38. The Morgan fingerprint density at radius 1 is 1.17 bits per heavy atom. The summed E-state index contributed by atoms with van der Waals surface area (Å²) in [7, 11) is 0. The summed E-state index contributed by atoms with van der Waals surface area (Å²) in [6, 6.07) is 9.38. The summed E-state index contributed by atoms with van der Waals surface area (Å²) in [5.74, 6) is -2.31. The number of hydroxylamine groups is 1. The van der Waals surface area contributed by atoms with E-state index in [-0.39, 0.29) is 37.8 Å². The molecule has 0 bridgehead atoms. The molecule has 3 N–H and O–H groups in total. The molecule has 7 heteroatoms. The summed E-state index contributed by atoms with van der Waals surface area (Å²) in [6.07, 6.45) is -0.172. The van der Waals surface area contributed by atoms with Gasteiger partial charge in [-0.1, -0.05) is 44.2 Å². The lowest BCUT2D eigenvalue weighted by atomic mass is 9.91. The summed E-state index contributed by atoms with van der Waals surface area (Å²) in [6.45, 7) is 3.95. The normalized spacial score (nSPS) is 11.8. The number of hydrogen-bond donors (Lipinski definition) is 3. The van der Waals surface area contributed by atoms with Crippen LogP contribution in [0.5, 0.6) is 0 Å². The van der Waals surface area contributed by atoms with E-state index >= 15 is 0 Å². The standard InChI is InChI=1S/C17H24N2O5/c1-12(2)14(17(23)18-9-8-16(21)22)10-15(20)19-24-11-13-6-4-3-5-7-13/h3-7,12,14H,8-11H2,1-2H3,(H,18,23)(H,19,20)(H,21,22). The van der Waals surface area contributed by atoms with Gasteiger partial charge in [0.05, 0.1) is 13.0 Å². The number of carboxylic acid groups (broad SMARTS) is 1. The molecule has 2 amide bonds. The molecule has 1 rings (SSSR count). The number of benzene rings is 1. The molecule has 0 aromatic heterocycles. The van der Waals surface area contributed by atoms with Gasteiger partial charge >= 0.3 is 5.97 Å². The molecule has 0 aliphatic rings. The van der Waals surface area contributed by atoms with Gasteiger partial charge in [0, 0.05) is 18.9 Å². The van der Waals surface area contributed by atoms with Crippen LogP contribution in [0.1, 0.15) is 32.3 Å². The highest BCUT2D eigenvalue weighted by molar-refractivity contribution is 5.85. The Kier molecular flexibility index (Phi) is 8.49. The van der Waals surface area contributed by atoms with Crippen molar-refractivity contribution in [2.24, 2.45) is 11.8 Å². The Morgan fingerprint density at radius 2 is 1.83 bits per heavy atom. The third-order valence-electron chi connectivity index (χ3n) is 3.45. The van der Waals surface area contributed by atoms with E-state index in [2.05, 4.69) is 10.8 Å². The molecular weight excluding hydrogens is 312 g/mol. The first-order chi connectivity index (χ1) is 11.4. The van der Waals surface area contributed by atoms with Crippen molar-refractivity contribution in [1.82, 2.24) is 10.8 Å². The first-order valence-electron chi connectivity index (χ1n) is 7.84. The van der Waals surface area contributed by atoms with Gasteiger partial charge in [0.15, 0.2) is 0 Å². The van der Waals surface area contributed by atoms with E-state index in [9.17, 15) is 14.4 Å². The fraction of sp³-hybridized carbons (Fsp3) is 0.471. The van der Waals surface area contributed by atoms with Crippen LogP contribution in [-0.2, 0) is 25.8 Å². The minimum absolute atomic E-state index is 0.0225. The molecule has 0 saturated heterocycles. The second kappa shape index (κ2) is 10.4. The highest BCUT2D eigenvalue weighted by Crippen LogP contribution is 2.15. The van der Waals surface area contributed by atoms with Crippen molar-refractivity contribution in [3.05, 3.63) is 35.9 Å². The van der Waals surface area contributed by atoms with Gasteiger partial charge in [0.2, 0.25) is 11.8 Å². The molecule has 1 atom stereocenters. The Bertz CT molecular complexity index is 545. The summed E-state index contributed by atoms with van der Waals surface area (Å²) >= 11 is 0. The van der Waals surface area contributed by atoms with Crippen molar-refractivity contribution in [2.45, 2.75) is 33.3 Å². The van der Waals surface area contributed by atoms with E-state index in [1.807, 2.05) is 44.2 Å². The van der Waals surface area contributed by atoms with Gasteiger partial charge in [0.1, 0.15) is 0 Å². The maximum absolute atomic E-state index is 12.1. The fourth-order valence-electron chi connectivity index (χ4n) is 2.07. The van der Waals surface area contributed by atoms with E-state index in [1.54, 1.807) is 0 Å². The third-order valence-corrected chi connectivity index (χ3v) is 3.45.